The van der Waals surface area contributed by atoms with Gasteiger partial charge in [0.25, 0.3) is 0 Å². The molecule has 51 heavy (non-hydrogen) atoms. The minimum atomic E-state index is -0.714. The normalized spacial score (nSPS) is 16.5. The van der Waals surface area contributed by atoms with Gasteiger partial charge in [-0.05, 0) is 87.8 Å². The van der Waals surface area contributed by atoms with Crippen molar-refractivity contribution >= 4 is 43.6 Å². The highest BCUT2D eigenvalue weighted by molar-refractivity contribution is 6.12. The van der Waals surface area contributed by atoms with Gasteiger partial charge in [0.1, 0.15) is 0 Å². The van der Waals surface area contributed by atoms with E-state index < -0.39 is 77.6 Å². The Morgan fingerprint density at radius 3 is 1.82 bits per heavy atom. The second-order valence-corrected chi connectivity index (χ2v) is 12.8. The topological polar surface area (TPSA) is 9.86 Å². The molecule has 0 saturated carbocycles. The molecule has 8 aromatic carbocycles. The van der Waals surface area contributed by atoms with Crippen molar-refractivity contribution in [2.24, 2.45) is 0 Å². The maximum Gasteiger partial charge on any atom is 0.0713 e. The molecule has 0 saturated heterocycles. The standard InChI is InChI=1S/C49H32N2/c1-3-15-33(16-4-1)49(43-23-11-7-19-37(43)38-20-8-12-24-44(38)49)34-27-29-47-41(31-34)39-21-9-14-26-46(39)51(47)36-28-30-48-42(32-36)40-22-10-13-25-45(40)50(48)35-17-5-2-6-18-35/h1-32H/i2D,5D,6D,10D,13D,17D,18D,22D,25D,28D,30D,32D. The van der Waals surface area contributed by atoms with Gasteiger partial charge in [0, 0.05) is 32.9 Å². The van der Waals surface area contributed by atoms with Gasteiger partial charge in [-0.3, -0.25) is 0 Å². The predicted octanol–water partition coefficient (Wildman–Crippen LogP) is 12.2. The third-order valence-corrected chi connectivity index (χ3v) is 10.3. The van der Waals surface area contributed by atoms with Crippen LogP contribution in [0, 0.1) is 0 Å². The van der Waals surface area contributed by atoms with E-state index >= 15 is 0 Å². The number of para-hydroxylation sites is 3. The van der Waals surface area contributed by atoms with Gasteiger partial charge in [-0.2, -0.15) is 0 Å². The van der Waals surface area contributed by atoms with Crippen LogP contribution in [0.1, 0.15) is 38.7 Å². The molecule has 2 aromatic heterocycles. The van der Waals surface area contributed by atoms with Crippen LogP contribution in [0.2, 0.25) is 0 Å². The molecule has 0 N–H and O–H groups in total. The quantitative estimate of drug-likeness (QED) is 0.178. The Morgan fingerprint density at radius 1 is 0.392 bits per heavy atom. The second-order valence-electron chi connectivity index (χ2n) is 12.8. The van der Waals surface area contributed by atoms with Crippen LogP contribution >= 0.6 is 0 Å². The number of aromatic nitrogens is 2. The number of hydrogen-bond acceptors (Lipinski definition) is 0. The summed E-state index contributed by atoms with van der Waals surface area (Å²) in [6.07, 6.45) is 0. The molecule has 0 radical (unpaired) electrons. The van der Waals surface area contributed by atoms with Crippen molar-refractivity contribution in [1.29, 1.82) is 0 Å². The lowest BCUT2D eigenvalue weighted by Gasteiger charge is -2.34. The molecule has 10 aromatic rings. The average molecular weight is 661 g/mol. The monoisotopic (exact) mass is 660 g/mol. The second kappa shape index (κ2) is 10.7. The fourth-order valence-corrected chi connectivity index (χ4v) is 8.35. The van der Waals surface area contributed by atoms with Crippen molar-refractivity contribution in [1.82, 2.24) is 9.13 Å². The third kappa shape index (κ3) is 3.82. The molecular formula is C49H32N2. The number of nitrogens with zero attached hydrogens (tertiary/aromatic N) is 2. The number of fused-ring (bicyclic) bond motifs is 9. The van der Waals surface area contributed by atoms with E-state index in [0.29, 0.717) is 11.0 Å². The lowest BCUT2D eigenvalue weighted by Crippen LogP contribution is -2.28. The molecule has 0 amide bonds. The Morgan fingerprint density at radius 2 is 1.02 bits per heavy atom. The predicted molar refractivity (Wildman–Crippen MR) is 212 cm³/mol. The van der Waals surface area contributed by atoms with Crippen LogP contribution in [0.5, 0.6) is 0 Å². The Balaban J connectivity index is 1.27. The summed E-state index contributed by atoms with van der Waals surface area (Å²) in [7, 11) is 0. The summed E-state index contributed by atoms with van der Waals surface area (Å²) in [5.41, 5.74) is 6.14. The van der Waals surface area contributed by atoms with Gasteiger partial charge in [-0.1, -0.05) is 139 Å². The highest BCUT2D eigenvalue weighted by Gasteiger charge is 2.46. The molecule has 238 valence electrons. The van der Waals surface area contributed by atoms with Gasteiger partial charge < -0.3 is 9.13 Å². The number of hydrogen-bond donors (Lipinski definition) is 0. The van der Waals surface area contributed by atoms with Crippen molar-refractivity contribution in [3.63, 3.8) is 0 Å². The zero-order valence-corrected chi connectivity index (χ0v) is 26.9. The summed E-state index contributed by atoms with van der Waals surface area (Å²) >= 11 is 0. The van der Waals surface area contributed by atoms with Crippen molar-refractivity contribution < 1.29 is 16.4 Å². The van der Waals surface area contributed by atoms with E-state index in [1.54, 1.807) is 4.57 Å². The van der Waals surface area contributed by atoms with Gasteiger partial charge in [-0.15, -0.1) is 0 Å². The smallest absolute Gasteiger partial charge is 0.0713 e. The maximum atomic E-state index is 9.97. The average Bonchev–Trinajstić information content (AvgIpc) is 3.94. The number of benzene rings is 8. The van der Waals surface area contributed by atoms with E-state index in [4.69, 9.17) is 12.3 Å². The summed E-state index contributed by atoms with van der Waals surface area (Å²) in [6, 6.07) is 34.0. The zero-order valence-electron chi connectivity index (χ0n) is 38.9. The zero-order chi connectivity index (χ0) is 44.0. The SMILES string of the molecule is [2H]c1c([2H])c([2H])c(-n2c3c([2H])c([2H])c([2H])c([2H])c3c3c([2H])c(-n4c5ccccc5c5cc(C6(c7ccccc7)c7ccccc7-c7ccccc76)ccc54)c([2H])c([2H])c32)c([2H])c1[2H]. The van der Waals surface area contributed by atoms with Crippen LogP contribution in [-0.2, 0) is 5.41 Å². The Hall–Kier alpha value is -6.64. The van der Waals surface area contributed by atoms with Gasteiger partial charge in [0.15, 0.2) is 0 Å². The van der Waals surface area contributed by atoms with E-state index in [-0.39, 0.29) is 33.5 Å². The summed E-state index contributed by atoms with van der Waals surface area (Å²) in [5, 5.41) is 1.33. The van der Waals surface area contributed by atoms with E-state index in [9.17, 15) is 4.11 Å². The van der Waals surface area contributed by atoms with Crippen LogP contribution in [0.25, 0.3) is 66.1 Å². The Bertz CT molecular complexity index is 3590. The molecule has 1 aliphatic carbocycles. The molecule has 11 rings (SSSR count). The highest BCUT2D eigenvalue weighted by Crippen LogP contribution is 2.56. The lowest BCUT2D eigenvalue weighted by molar-refractivity contribution is 0.770. The lowest BCUT2D eigenvalue weighted by atomic mass is 9.67. The molecular weight excluding hydrogens is 617 g/mol. The first-order valence-electron chi connectivity index (χ1n) is 22.7. The van der Waals surface area contributed by atoms with E-state index in [2.05, 4.69) is 72.8 Å². The molecule has 0 fully saturated rings. The van der Waals surface area contributed by atoms with Crippen molar-refractivity contribution in [2.75, 3.05) is 0 Å². The summed E-state index contributed by atoms with van der Waals surface area (Å²) in [4.78, 5) is 0. The van der Waals surface area contributed by atoms with E-state index in [0.717, 1.165) is 48.7 Å². The van der Waals surface area contributed by atoms with Crippen LogP contribution in [0.15, 0.2) is 194 Å². The Labute approximate surface area is 313 Å². The minimum absolute atomic E-state index is 0.0201. The molecule has 2 nitrogen and oxygen atoms in total. The molecule has 0 aliphatic heterocycles. The highest BCUT2D eigenvalue weighted by atomic mass is 15.0. The largest absolute Gasteiger partial charge is 0.309 e. The van der Waals surface area contributed by atoms with Gasteiger partial charge in [0.2, 0.25) is 0 Å². The molecule has 0 spiro atoms. The van der Waals surface area contributed by atoms with Crippen LogP contribution in [0.3, 0.4) is 0 Å². The summed E-state index contributed by atoms with van der Waals surface area (Å²) in [6.45, 7) is 0. The first-order chi connectivity index (χ1) is 30.3. The number of rotatable bonds is 4. The van der Waals surface area contributed by atoms with E-state index in [1.165, 1.54) is 0 Å². The van der Waals surface area contributed by atoms with Crippen molar-refractivity contribution in [3.8, 4) is 22.5 Å². The summed E-state index contributed by atoms with van der Waals surface area (Å²) in [5.74, 6) is 0. The fourth-order valence-electron chi connectivity index (χ4n) is 8.35. The summed E-state index contributed by atoms with van der Waals surface area (Å²) < 4.78 is 110. The Kier molecular flexibility index (Phi) is 3.97. The molecule has 2 heteroatoms. The minimum Gasteiger partial charge on any atom is -0.309 e. The van der Waals surface area contributed by atoms with Crippen LogP contribution < -0.4 is 0 Å². The van der Waals surface area contributed by atoms with Crippen molar-refractivity contribution in [3.05, 3.63) is 216 Å². The van der Waals surface area contributed by atoms with Crippen molar-refractivity contribution in [2.45, 2.75) is 5.41 Å². The van der Waals surface area contributed by atoms with E-state index in [1.807, 2.05) is 48.5 Å². The first-order valence-corrected chi connectivity index (χ1v) is 16.7. The first kappa shape index (κ1) is 18.9. The van der Waals surface area contributed by atoms with Gasteiger partial charge in [0.05, 0.1) is 43.9 Å². The molecule has 0 bridgehead atoms. The molecule has 0 atom stereocenters. The molecule has 1 aliphatic rings. The molecule has 0 unspecified atom stereocenters. The maximum absolute atomic E-state index is 9.97. The van der Waals surface area contributed by atoms with Crippen LogP contribution in [-0.4, -0.2) is 9.13 Å². The fraction of sp³-hybridized carbons (Fsp3) is 0.0204. The van der Waals surface area contributed by atoms with Gasteiger partial charge >= 0.3 is 0 Å². The third-order valence-electron chi connectivity index (χ3n) is 10.3. The molecule has 2 heterocycles. The van der Waals surface area contributed by atoms with Gasteiger partial charge in [-0.25, -0.2) is 0 Å². The van der Waals surface area contributed by atoms with Crippen LogP contribution in [0.4, 0.5) is 0 Å².